The molecule has 2 aromatic rings. The molecule has 1 N–H and O–H groups in total. The molecule has 11 atom stereocenters. The van der Waals surface area contributed by atoms with E-state index in [2.05, 4.69) is 9.97 Å². The Balaban J connectivity index is 1.38. The molecule has 1 unspecified atom stereocenters. The number of carbonyl (C=O) groups is 4. The minimum atomic E-state index is -1.38. The van der Waals surface area contributed by atoms with E-state index in [9.17, 15) is 24.3 Å². The largest absolute Gasteiger partial charge is 0.458 e. The van der Waals surface area contributed by atoms with E-state index < -0.39 is 71.5 Å². The van der Waals surface area contributed by atoms with Crippen LogP contribution in [0.5, 0.6) is 0 Å². The van der Waals surface area contributed by atoms with Crippen LogP contribution in [0.4, 0.5) is 4.79 Å². The fourth-order valence-electron chi connectivity index (χ4n) is 8.44. The lowest BCUT2D eigenvalue weighted by molar-refractivity contribution is -0.289. The van der Waals surface area contributed by atoms with Gasteiger partial charge in [-0.2, -0.15) is 0 Å². The summed E-state index contributed by atoms with van der Waals surface area (Å²) in [6.45, 7) is 11.4. The van der Waals surface area contributed by atoms with E-state index >= 15 is 0 Å². The molecule has 56 heavy (non-hydrogen) atoms. The number of ether oxygens (including phenoxy) is 5. The van der Waals surface area contributed by atoms with E-state index in [1.807, 2.05) is 55.7 Å². The molecule has 0 bridgehead atoms. The van der Waals surface area contributed by atoms with E-state index in [0.717, 1.165) is 11.3 Å². The molecule has 3 saturated heterocycles. The van der Waals surface area contributed by atoms with Crippen LogP contribution in [-0.2, 0) is 44.6 Å². The maximum Gasteiger partial charge on any atom is 0.410 e. The van der Waals surface area contributed by atoms with E-state index in [4.69, 9.17) is 23.7 Å². The highest BCUT2D eigenvalue weighted by molar-refractivity contribution is 5.99. The van der Waals surface area contributed by atoms with Crippen molar-refractivity contribution >= 4 is 23.6 Å². The Hall–Kier alpha value is -3.76. The minimum Gasteiger partial charge on any atom is -0.458 e. The molecule has 3 aliphatic heterocycles. The first-order valence-electron chi connectivity index (χ1n) is 19.9. The number of rotatable bonds is 11. The van der Waals surface area contributed by atoms with Gasteiger partial charge in [0, 0.05) is 69.2 Å². The van der Waals surface area contributed by atoms with Gasteiger partial charge in [0.1, 0.15) is 29.7 Å². The summed E-state index contributed by atoms with van der Waals surface area (Å²) >= 11 is 0. The van der Waals surface area contributed by atoms with Gasteiger partial charge in [-0.05, 0) is 86.0 Å². The lowest BCUT2D eigenvalue weighted by Crippen LogP contribution is -2.58. The molecule has 15 nitrogen and oxygen atoms in total. The fraction of sp³-hybridized carbons (Fsp3) is 0.707. The number of unbranched alkanes of at least 4 members (excludes halogenated alkanes) is 1. The predicted molar refractivity (Wildman–Crippen MR) is 205 cm³/mol. The van der Waals surface area contributed by atoms with Crippen LogP contribution in [0, 0.1) is 11.8 Å². The summed E-state index contributed by atoms with van der Waals surface area (Å²) in [7, 11) is 5.22. The predicted octanol–water partition coefficient (Wildman–Crippen LogP) is 4.44. The van der Waals surface area contributed by atoms with Crippen LogP contribution in [0.2, 0.25) is 0 Å². The third kappa shape index (κ3) is 9.33. The monoisotopic (exact) mass is 783 g/mol. The normalized spacial score (nSPS) is 34.9. The van der Waals surface area contributed by atoms with Gasteiger partial charge in [-0.1, -0.05) is 13.8 Å². The van der Waals surface area contributed by atoms with Gasteiger partial charge in [0.05, 0.1) is 35.9 Å². The SMILES string of the molecule is CCC1OC(=O)[C@H](C)C(=O)C[C@@H](O[C@@H]2O[C@H](C)C[C@H](N(C)C)[C@H]2O)[C@](C)(OC)CCC(=O)[C@H](C)[C@H]2N(CCCCn3cnc(-c4cccnc4)c3)C(=O)O[C@]12C. The van der Waals surface area contributed by atoms with Gasteiger partial charge in [0.25, 0.3) is 0 Å². The van der Waals surface area contributed by atoms with Crippen molar-refractivity contribution in [2.75, 3.05) is 27.7 Å². The number of ketones is 2. The summed E-state index contributed by atoms with van der Waals surface area (Å²) in [6, 6.07) is 2.78. The zero-order chi connectivity index (χ0) is 40.9. The van der Waals surface area contributed by atoms with Gasteiger partial charge >= 0.3 is 12.1 Å². The number of amides is 1. The second kappa shape index (κ2) is 18.2. The number of aliphatic hydroxyl groups is 1. The molecule has 0 saturated carbocycles. The molecule has 15 heteroatoms. The number of nitrogens with zero attached hydrogens (tertiary/aromatic N) is 5. The van der Waals surface area contributed by atoms with Gasteiger partial charge in [-0.3, -0.25) is 19.4 Å². The zero-order valence-corrected chi connectivity index (χ0v) is 34.4. The smallest absolute Gasteiger partial charge is 0.410 e. The van der Waals surface area contributed by atoms with Gasteiger partial charge in [-0.15, -0.1) is 0 Å². The summed E-state index contributed by atoms with van der Waals surface area (Å²) in [5, 5.41) is 11.3. The molecule has 0 aliphatic carbocycles. The van der Waals surface area contributed by atoms with Crippen molar-refractivity contribution in [1.29, 1.82) is 0 Å². The molecule has 5 rings (SSSR count). The number of aryl methyl sites for hydroxylation is 1. The Bertz CT molecular complexity index is 1670. The minimum absolute atomic E-state index is 0.0327. The summed E-state index contributed by atoms with van der Waals surface area (Å²) in [4.78, 5) is 67.9. The number of esters is 1. The van der Waals surface area contributed by atoms with Crippen LogP contribution in [0.3, 0.4) is 0 Å². The van der Waals surface area contributed by atoms with Crippen LogP contribution in [0.25, 0.3) is 11.3 Å². The van der Waals surface area contributed by atoms with Gasteiger partial charge in [0.15, 0.2) is 11.9 Å². The number of fused-ring (bicyclic) bond motifs is 1. The number of hydrogen-bond donors (Lipinski definition) is 1. The summed E-state index contributed by atoms with van der Waals surface area (Å²) in [6.07, 6.45) is 4.40. The Morgan fingerprint density at radius 2 is 1.80 bits per heavy atom. The molecule has 310 valence electrons. The van der Waals surface area contributed by atoms with Crippen LogP contribution < -0.4 is 0 Å². The van der Waals surface area contributed by atoms with E-state index in [0.29, 0.717) is 32.4 Å². The zero-order valence-electron chi connectivity index (χ0n) is 34.4. The summed E-state index contributed by atoms with van der Waals surface area (Å²) < 4.78 is 32.7. The lowest BCUT2D eigenvalue weighted by Gasteiger charge is -2.45. The van der Waals surface area contributed by atoms with Crippen molar-refractivity contribution in [3.8, 4) is 11.3 Å². The second-order valence-electron chi connectivity index (χ2n) is 16.3. The number of likely N-dealkylation sites (N-methyl/N-ethyl adjacent to an activating group) is 1. The summed E-state index contributed by atoms with van der Waals surface area (Å²) in [5.41, 5.74) is -0.856. The van der Waals surface area contributed by atoms with Crippen molar-refractivity contribution in [2.24, 2.45) is 11.8 Å². The maximum atomic E-state index is 14.3. The van der Waals surface area contributed by atoms with Crippen molar-refractivity contribution in [3.05, 3.63) is 37.1 Å². The number of imidazole rings is 1. The number of aromatic nitrogens is 3. The number of Topliss-reactive ketones (excluding diaryl/α,β-unsaturated/α-hetero) is 2. The molecule has 0 spiro atoms. The first-order valence-corrected chi connectivity index (χ1v) is 19.9. The first kappa shape index (κ1) is 43.4. The Morgan fingerprint density at radius 1 is 1.07 bits per heavy atom. The van der Waals surface area contributed by atoms with E-state index in [-0.39, 0.29) is 43.6 Å². The number of methoxy groups -OCH3 is 1. The summed E-state index contributed by atoms with van der Waals surface area (Å²) in [5.74, 6) is -3.30. The topological polar surface area (TPSA) is 172 Å². The average molecular weight is 784 g/mol. The Morgan fingerprint density at radius 3 is 2.46 bits per heavy atom. The molecular weight excluding hydrogens is 722 g/mol. The fourth-order valence-corrected chi connectivity index (χ4v) is 8.44. The van der Waals surface area contributed by atoms with E-state index in [1.165, 1.54) is 14.0 Å². The van der Waals surface area contributed by atoms with E-state index in [1.54, 1.807) is 44.4 Å². The number of aliphatic hydroxyl groups excluding tert-OH is 1. The Kier molecular flexibility index (Phi) is 14.1. The Labute approximate surface area is 330 Å². The maximum absolute atomic E-state index is 14.3. The standard InChI is InChI=1S/C41H61N5O10/c1-10-33-41(6)36(46(39(51)56-41)19-12-11-18-45-23-29(43-24-45)28-14-13-17-42-22-28)26(3)31(47)15-16-40(5,52-9)34(21-32(48)27(4)37(50)54-33)55-38-35(49)30(44(7)8)20-25(2)53-38/h13-14,17,22-27,30,33-36,38,49H,10-12,15-16,18-21H2,1-9H3/t25-,26+,27-,30+,33?,34-,35-,36-,38+,40-,41-/m1/s1. The number of cyclic esters (lactones) is 1. The van der Waals surface area contributed by atoms with Gasteiger partial charge in [-0.25, -0.2) is 9.78 Å². The number of carbonyl (C=O) groups excluding carboxylic acids is 4. The molecule has 0 aromatic carbocycles. The molecule has 3 fully saturated rings. The van der Waals surface area contributed by atoms with Crippen molar-refractivity contribution in [1.82, 2.24) is 24.3 Å². The highest BCUT2D eigenvalue weighted by atomic mass is 16.7. The van der Waals surface area contributed by atoms with Crippen LogP contribution >= 0.6 is 0 Å². The molecule has 3 aliphatic rings. The number of hydrogen-bond acceptors (Lipinski definition) is 13. The molecule has 1 amide bonds. The van der Waals surface area contributed by atoms with Crippen LogP contribution in [0.15, 0.2) is 37.1 Å². The van der Waals surface area contributed by atoms with Crippen molar-refractivity contribution in [2.45, 2.75) is 147 Å². The van der Waals surface area contributed by atoms with Gasteiger partial charge < -0.3 is 43.2 Å². The third-order valence-electron chi connectivity index (χ3n) is 12.2. The van der Waals surface area contributed by atoms with Crippen molar-refractivity contribution < 1.29 is 48.0 Å². The molecule has 5 heterocycles. The third-order valence-corrected chi connectivity index (χ3v) is 12.2. The van der Waals surface area contributed by atoms with Crippen LogP contribution in [0.1, 0.15) is 86.5 Å². The van der Waals surface area contributed by atoms with Crippen LogP contribution in [-0.4, -0.2) is 135 Å². The second-order valence-corrected chi connectivity index (χ2v) is 16.3. The molecule has 2 aromatic heterocycles. The van der Waals surface area contributed by atoms with Gasteiger partial charge in [0.2, 0.25) is 0 Å². The quantitative estimate of drug-likeness (QED) is 0.193. The molecular formula is C41H61N5O10. The lowest BCUT2D eigenvalue weighted by atomic mass is 9.77. The van der Waals surface area contributed by atoms with Crippen molar-refractivity contribution in [3.63, 3.8) is 0 Å². The molecule has 0 radical (unpaired) electrons. The first-order chi connectivity index (χ1) is 26.5. The highest BCUT2D eigenvalue weighted by Gasteiger charge is 2.59. The number of pyridine rings is 1. The highest BCUT2D eigenvalue weighted by Crippen LogP contribution is 2.42. The average Bonchev–Trinajstić information content (AvgIpc) is 3.75.